The highest BCUT2D eigenvalue weighted by Gasteiger charge is 2.14. The zero-order valence-corrected chi connectivity index (χ0v) is 7.42. The van der Waals surface area contributed by atoms with Crippen molar-refractivity contribution in [3.63, 3.8) is 0 Å². The van der Waals surface area contributed by atoms with E-state index in [2.05, 4.69) is 12.1 Å². The van der Waals surface area contributed by atoms with Crippen LogP contribution in [0.5, 0.6) is 0 Å². The summed E-state index contributed by atoms with van der Waals surface area (Å²) >= 11 is 0. The van der Waals surface area contributed by atoms with Gasteiger partial charge in [0.15, 0.2) is 0 Å². The smallest absolute Gasteiger partial charge is 0.0352 e. The number of hydrogen-bond acceptors (Lipinski definition) is 0. The van der Waals surface area contributed by atoms with Crippen molar-refractivity contribution < 1.29 is 1.37 Å². The molecule has 0 N–H and O–H groups in total. The van der Waals surface area contributed by atoms with Gasteiger partial charge in [0.05, 0.1) is 0 Å². The maximum Gasteiger partial charge on any atom is 0.0352 e. The van der Waals surface area contributed by atoms with Crippen LogP contribution in [0.1, 0.15) is 44.9 Å². The first-order chi connectivity index (χ1) is 6.31. The Morgan fingerprint density at radius 1 is 1.00 bits per heavy atom. The van der Waals surface area contributed by atoms with E-state index in [0.29, 0.717) is 0 Å². The van der Waals surface area contributed by atoms with Gasteiger partial charge in [0, 0.05) is 1.37 Å². The van der Waals surface area contributed by atoms with E-state index in [1.165, 1.54) is 24.8 Å². The number of benzene rings is 1. The molecule has 1 aliphatic carbocycles. The zero-order chi connectivity index (χ0) is 9.15. The van der Waals surface area contributed by atoms with Crippen molar-refractivity contribution in [3.05, 3.63) is 35.9 Å². The predicted molar refractivity (Wildman–Crippen MR) is 52.3 cm³/mol. The Hall–Kier alpha value is -0.780. The largest absolute Gasteiger partial charge is 0.0622 e. The minimum absolute atomic E-state index is 0.278. The third-order valence-electron chi connectivity index (χ3n) is 2.64. The highest BCUT2D eigenvalue weighted by atomic mass is 14.2. The Morgan fingerprint density at radius 3 is 2.33 bits per heavy atom. The van der Waals surface area contributed by atoms with E-state index in [-0.39, 0.29) is 5.89 Å². The van der Waals surface area contributed by atoms with E-state index in [0.717, 1.165) is 12.8 Å². The maximum absolute atomic E-state index is 8.36. The standard InChI is InChI=1S/C12H16/c1-3-7-11(8-4-1)12-9-5-2-6-10-12/h1,3-4,7-8,12H,2,5-6,9-10H2/i12D. The second kappa shape index (κ2) is 3.75. The number of rotatable bonds is 1. The molecule has 0 heteroatoms. The molecule has 1 aliphatic rings. The van der Waals surface area contributed by atoms with Crippen molar-refractivity contribution >= 4 is 0 Å². The summed E-state index contributed by atoms with van der Waals surface area (Å²) in [6, 6.07) is 10.3. The van der Waals surface area contributed by atoms with Crippen molar-refractivity contribution in [2.24, 2.45) is 0 Å². The molecule has 1 fully saturated rings. The molecule has 0 radical (unpaired) electrons. The first-order valence-electron chi connectivity index (χ1n) is 5.37. The van der Waals surface area contributed by atoms with E-state index in [9.17, 15) is 0 Å². The molecule has 2 rings (SSSR count). The summed E-state index contributed by atoms with van der Waals surface area (Å²) in [5.41, 5.74) is 1.20. The van der Waals surface area contributed by atoms with Gasteiger partial charge in [-0.2, -0.15) is 0 Å². The molecule has 1 saturated carbocycles. The lowest BCUT2D eigenvalue weighted by Crippen LogP contribution is -2.03. The monoisotopic (exact) mass is 161 g/mol. The Labute approximate surface area is 76.0 Å². The molecule has 1 aromatic rings. The molecule has 0 unspecified atom stereocenters. The zero-order valence-electron chi connectivity index (χ0n) is 8.42. The summed E-state index contributed by atoms with van der Waals surface area (Å²) in [5.74, 6) is -0.278. The average Bonchev–Trinajstić information content (AvgIpc) is 2.20. The van der Waals surface area contributed by atoms with Crippen molar-refractivity contribution in [1.82, 2.24) is 0 Å². The normalized spacial score (nSPS) is 23.2. The highest BCUT2D eigenvalue weighted by molar-refractivity contribution is 5.19. The first kappa shape index (κ1) is 6.71. The molecule has 0 spiro atoms. The molecule has 0 nitrogen and oxygen atoms in total. The molecule has 0 bridgehead atoms. The lowest BCUT2D eigenvalue weighted by atomic mass is 9.84. The third-order valence-corrected chi connectivity index (χ3v) is 2.64. The Bertz CT molecular complexity index is 260. The van der Waals surface area contributed by atoms with Gasteiger partial charge in [-0.15, -0.1) is 0 Å². The van der Waals surface area contributed by atoms with Gasteiger partial charge in [-0.05, 0) is 24.3 Å². The molecule has 0 saturated heterocycles. The van der Waals surface area contributed by atoms with E-state index in [1.54, 1.807) is 0 Å². The van der Waals surface area contributed by atoms with Gasteiger partial charge in [-0.1, -0.05) is 49.6 Å². The van der Waals surface area contributed by atoms with Crippen molar-refractivity contribution in [2.75, 3.05) is 0 Å². The summed E-state index contributed by atoms with van der Waals surface area (Å²) in [6.45, 7) is 0. The first-order valence-corrected chi connectivity index (χ1v) is 4.87. The van der Waals surface area contributed by atoms with Gasteiger partial charge in [0.25, 0.3) is 0 Å². The highest BCUT2D eigenvalue weighted by Crippen LogP contribution is 2.31. The summed E-state index contributed by atoms with van der Waals surface area (Å²) in [7, 11) is 0. The molecular weight excluding hydrogens is 144 g/mol. The Kier molecular flexibility index (Phi) is 2.10. The summed E-state index contributed by atoms with van der Waals surface area (Å²) < 4.78 is 8.36. The molecule has 0 amide bonds. The van der Waals surface area contributed by atoms with Gasteiger partial charge in [-0.25, -0.2) is 0 Å². The quantitative estimate of drug-likeness (QED) is 0.588. The molecule has 0 atom stereocenters. The van der Waals surface area contributed by atoms with E-state index in [4.69, 9.17) is 1.37 Å². The van der Waals surface area contributed by atoms with Crippen LogP contribution >= 0.6 is 0 Å². The molecule has 0 aromatic heterocycles. The molecule has 64 valence electrons. The van der Waals surface area contributed by atoms with Crippen LogP contribution in [0.4, 0.5) is 0 Å². The topological polar surface area (TPSA) is 0 Å². The molecule has 0 aliphatic heterocycles. The Balaban J connectivity index is 2.23. The minimum atomic E-state index is -0.278. The fraction of sp³-hybridized carbons (Fsp3) is 0.500. The second-order valence-electron chi connectivity index (χ2n) is 3.53. The van der Waals surface area contributed by atoms with Gasteiger partial charge in [0.2, 0.25) is 0 Å². The molecular formula is C12H16. The van der Waals surface area contributed by atoms with Gasteiger partial charge in [-0.3, -0.25) is 0 Å². The number of hydrogen-bond donors (Lipinski definition) is 0. The molecule has 0 heterocycles. The SMILES string of the molecule is [2H]C1(c2ccccc2)CCCCC1. The summed E-state index contributed by atoms with van der Waals surface area (Å²) in [6.07, 6.45) is 5.83. The molecule has 12 heavy (non-hydrogen) atoms. The molecule has 1 aromatic carbocycles. The fourth-order valence-corrected chi connectivity index (χ4v) is 1.94. The van der Waals surface area contributed by atoms with Crippen LogP contribution in [0.25, 0.3) is 0 Å². The second-order valence-corrected chi connectivity index (χ2v) is 3.53. The van der Waals surface area contributed by atoms with Crippen LogP contribution in [-0.2, 0) is 0 Å². The summed E-state index contributed by atoms with van der Waals surface area (Å²) in [5, 5.41) is 0. The van der Waals surface area contributed by atoms with Crippen LogP contribution in [0, 0.1) is 0 Å². The lowest BCUT2D eigenvalue weighted by Gasteiger charge is -2.21. The van der Waals surface area contributed by atoms with E-state index >= 15 is 0 Å². The summed E-state index contributed by atoms with van der Waals surface area (Å²) in [4.78, 5) is 0. The van der Waals surface area contributed by atoms with Gasteiger partial charge < -0.3 is 0 Å². The van der Waals surface area contributed by atoms with E-state index < -0.39 is 0 Å². The lowest BCUT2D eigenvalue weighted by molar-refractivity contribution is 0.443. The Morgan fingerprint density at radius 2 is 1.67 bits per heavy atom. The van der Waals surface area contributed by atoms with E-state index in [1.807, 2.05) is 18.2 Å². The van der Waals surface area contributed by atoms with Gasteiger partial charge in [0.1, 0.15) is 0 Å². The van der Waals surface area contributed by atoms with Crippen LogP contribution in [-0.4, -0.2) is 0 Å². The van der Waals surface area contributed by atoms with Gasteiger partial charge >= 0.3 is 0 Å². The van der Waals surface area contributed by atoms with Crippen molar-refractivity contribution in [2.45, 2.75) is 38.0 Å². The average molecular weight is 161 g/mol. The fourth-order valence-electron chi connectivity index (χ4n) is 1.94. The minimum Gasteiger partial charge on any atom is -0.0622 e. The van der Waals surface area contributed by atoms with Crippen LogP contribution < -0.4 is 0 Å². The van der Waals surface area contributed by atoms with Crippen LogP contribution in [0.15, 0.2) is 30.3 Å². The predicted octanol–water partition coefficient (Wildman–Crippen LogP) is 3.73. The van der Waals surface area contributed by atoms with Crippen LogP contribution in [0.2, 0.25) is 0 Å². The maximum atomic E-state index is 8.36. The van der Waals surface area contributed by atoms with Crippen molar-refractivity contribution in [3.8, 4) is 0 Å². The van der Waals surface area contributed by atoms with Crippen molar-refractivity contribution in [1.29, 1.82) is 0 Å². The van der Waals surface area contributed by atoms with Crippen LogP contribution in [0.3, 0.4) is 0 Å². The third kappa shape index (κ3) is 1.69.